The molecule has 2 aromatic rings. The summed E-state index contributed by atoms with van der Waals surface area (Å²) in [6, 6.07) is 5.74. The minimum Gasteiger partial charge on any atom is -0.410 e. The first-order chi connectivity index (χ1) is 13.8. The SMILES string of the molecule is CCOC1(OCC)CCN(C(=O)Oc2ccc(-c3noc(C(F)(F)F)n3)cc2)C1. The van der Waals surface area contributed by atoms with Gasteiger partial charge in [-0.15, -0.1) is 0 Å². The summed E-state index contributed by atoms with van der Waals surface area (Å²) in [6.07, 6.45) is -4.76. The normalized spacial score (nSPS) is 16.2. The Morgan fingerprint density at radius 2 is 1.86 bits per heavy atom. The number of carbonyl (C=O) groups is 1. The Hall–Kier alpha value is -2.66. The average molecular weight is 415 g/mol. The molecule has 0 bridgehead atoms. The summed E-state index contributed by atoms with van der Waals surface area (Å²) in [6.45, 7) is 5.27. The molecule has 1 aliphatic heterocycles. The quantitative estimate of drug-likeness (QED) is 0.665. The minimum absolute atomic E-state index is 0.215. The Kier molecular flexibility index (Phi) is 6.08. The van der Waals surface area contributed by atoms with Gasteiger partial charge in [-0.2, -0.15) is 18.2 Å². The van der Waals surface area contributed by atoms with E-state index in [2.05, 4.69) is 14.7 Å². The van der Waals surface area contributed by atoms with Crippen LogP contribution in [-0.2, 0) is 15.7 Å². The smallest absolute Gasteiger partial charge is 0.410 e. The van der Waals surface area contributed by atoms with Crippen LogP contribution in [0, 0.1) is 0 Å². The molecule has 0 atom stereocenters. The molecule has 11 heteroatoms. The second-order valence-electron chi connectivity index (χ2n) is 6.26. The molecule has 1 saturated heterocycles. The molecule has 1 aliphatic rings. The Morgan fingerprint density at radius 1 is 1.21 bits per heavy atom. The van der Waals surface area contributed by atoms with Crippen LogP contribution in [0.5, 0.6) is 5.75 Å². The van der Waals surface area contributed by atoms with Gasteiger partial charge in [-0.05, 0) is 38.1 Å². The maximum absolute atomic E-state index is 12.5. The van der Waals surface area contributed by atoms with E-state index in [1.807, 2.05) is 13.8 Å². The molecular formula is C18H20F3N3O5. The van der Waals surface area contributed by atoms with Gasteiger partial charge in [0.25, 0.3) is 0 Å². The van der Waals surface area contributed by atoms with Crippen LogP contribution in [0.1, 0.15) is 26.2 Å². The molecule has 0 N–H and O–H groups in total. The fourth-order valence-corrected chi connectivity index (χ4v) is 3.01. The zero-order chi connectivity index (χ0) is 21.1. The number of nitrogens with zero attached hydrogens (tertiary/aromatic N) is 3. The van der Waals surface area contributed by atoms with Gasteiger partial charge in [0.1, 0.15) is 5.75 Å². The first-order valence-electron chi connectivity index (χ1n) is 9.02. The lowest BCUT2D eigenvalue weighted by atomic mass is 10.2. The van der Waals surface area contributed by atoms with Crippen molar-refractivity contribution in [1.82, 2.24) is 15.0 Å². The van der Waals surface area contributed by atoms with E-state index in [0.717, 1.165) is 0 Å². The average Bonchev–Trinajstić information content (AvgIpc) is 3.31. The van der Waals surface area contributed by atoms with E-state index < -0.39 is 23.9 Å². The summed E-state index contributed by atoms with van der Waals surface area (Å²) in [5.74, 6) is -2.25. The fraction of sp³-hybridized carbons (Fsp3) is 0.500. The number of carbonyl (C=O) groups excluding carboxylic acids is 1. The third-order valence-corrected chi connectivity index (χ3v) is 4.25. The van der Waals surface area contributed by atoms with Crippen LogP contribution < -0.4 is 4.74 Å². The van der Waals surface area contributed by atoms with E-state index >= 15 is 0 Å². The largest absolute Gasteiger partial charge is 0.471 e. The van der Waals surface area contributed by atoms with Gasteiger partial charge < -0.3 is 23.6 Å². The highest BCUT2D eigenvalue weighted by Gasteiger charge is 2.42. The molecule has 29 heavy (non-hydrogen) atoms. The second-order valence-corrected chi connectivity index (χ2v) is 6.26. The third kappa shape index (κ3) is 4.85. The molecule has 158 valence electrons. The maximum Gasteiger partial charge on any atom is 0.471 e. The van der Waals surface area contributed by atoms with E-state index in [4.69, 9.17) is 14.2 Å². The molecule has 1 fully saturated rings. The molecule has 2 heterocycles. The highest BCUT2D eigenvalue weighted by Crippen LogP contribution is 2.30. The number of aromatic nitrogens is 2. The number of halogens is 3. The summed E-state index contributed by atoms with van der Waals surface area (Å²) in [4.78, 5) is 17.2. The summed E-state index contributed by atoms with van der Waals surface area (Å²) >= 11 is 0. The van der Waals surface area contributed by atoms with Gasteiger partial charge in [0.2, 0.25) is 5.82 Å². The topological polar surface area (TPSA) is 86.9 Å². The van der Waals surface area contributed by atoms with E-state index in [-0.39, 0.29) is 23.7 Å². The number of likely N-dealkylation sites (tertiary alicyclic amines) is 1. The van der Waals surface area contributed by atoms with Crippen molar-refractivity contribution >= 4 is 6.09 Å². The molecule has 1 aromatic heterocycles. The molecule has 0 unspecified atom stereocenters. The summed E-state index contributed by atoms with van der Waals surface area (Å²) in [5.41, 5.74) is 0.289. The van der Waals surface area contributed by atoms with E-state index in [1.165, 1.54) is 29.2 Å². The molecule has 8 nitrogen and oxygen atoms in total. The van der Waals surface area contributed by atoms with E-state index in [0.29, 0.717) is 26.2 Å². The molecule has 0 spiro atoms. The number of ether oxygens (including phenoxy) is 3. The molecule has 0 radical (unpaired) electrons. The minimum atomic E-state index is -4.71. The second kappa shape index (κ2) is 8.37. The van der Waals surface area contributed by atoms with Crippen LogP contribution >= 0.6 is 0 Å². The lowest BCUT2D eigenvalue weighted by Gasteiger charge is -2.28. The third-order valence-electron chi connectivity index (χ3n) is 4.25. The van der Waals surface area contributed by atoms with Gasteiger partial charge in [0.15, 0.2) is 5.79 Å². The maximum atomic E-state index is 12.5. The number of hydrogen-bond acceptors (Lipinski definition) is 7. The van der Waals surface area contributed by atoms with Crippen molar-refractivity contribution in [3.05, 3.63) is 30.2 Å². The van der Waals surface area contributed by atoms with Gasteiger partial charge in [-0.1, -0.05) is 5.16 Å². The Labute approximate surface area is 164 Å². The Morgan fingerprint density at radius 3 is 2.41 bits per heavy atom. The van der Waals surface area contributed by atoms with Crippen LogP contribution in [-0.4, -0.2) is 53.2 Å². The summed E-state index contributed by atoms with van der Waals surface area (Å²) in [5, 5.41) is 3.31. The van der Waals surface area contributed by atoms with Crippen LogP contribution in [0.2, 0.25) is 0 Å². The molecule has 0 saturated carbocycles. The molecule has 0 aliphatic carbocycles. The Balaban J connectivity index is 1.63. The van der Waals surface area contributed by atoms with Crippen molar-refractivity contribution < 1.29 is 36.7 Å². The van der Waals surface area contributed by atoms with Gasteiger partial charge in [0, 0.05) is 31.7 Å². The van der Waals surface area contributed by atoms with Crippen LogP contribution in [0.3, 0.4) is 0 Å². The number of rotatable bonds is 6. The van der Waals surface area contributed by atoms with Crippen molar-refractivity contribution in [2.45, 2.75) is 32.2 Å². The number of hydrogen-bond donors (Lipinski definition) is 0. The van der Waals surface area contributed by atoms with Crippen molar-refractivity contribution in [3.8, 4) is 17.1 Å². The first kappa shape index (κ1) is 21.1. The molecular weight excluding hydrogens is 395 g/mol. The summed E-state index contributed by atoms with van der Waals surface area (Å²) in [7, 11) is 0. The zero-order valence-corrected chi connectivity index (χ0v) is 15.9. The van der Waals surface area contributed by atoms with Crippen molar-refractivity contribution in [2.24, 2.45) is 0 Å². The van der Waals surface area contributed by atoms with Crippen LogP contribution in [0.4, 0.5) is 18.0 Å². The van der Waals surface area contributed by atoms with Gasteiger partial charge in [-0.3, -0.25) is 0 Å². The lowest BCUT2D eigenvalue weighted by Crippen LogP contribution is -2.41. The van der Waals surface area contributed by atoms with E-state index in [9.17, 15) is 18.0 Å². The van der Waals surface area contributed by atoms with Crippen molar-refractivity contribution in [3.63, 3.8) is 0 Å². The van der Waals surface area contributed by atoms with E-state index in [1.54, 1.807) is 0 Å². The van der Waals surface area contributed by atoms with Crippen LogP contribution in [0.15, 0.2) is 28.8 Å². The monoisotopic (exact) mass is 415 g/mol. The van der Waals surface area contributed by atoms with Crippen molar-refractivity contribution in [2.75, 3.05) is 26.3 Å². The van der Waals surface area contributed by atoms with Crippen molar-refractivity contribution in [1.29, 1.82) is 0 Å². The molecule has 1 aromatic carbocycles. The van der Waals surface area contributed by atoms with Gasteiger partial charge >= 0.3 is 18.2 Å². The lowest BCUT2D eigenvalue weighted by molar-refractivity contribution is -0.222. The highest BCUT2D eigenvalue weighted by molar-refractivity contribution is 5.71. The molecule has 1 amide bonds. The van der Waals surface area contributed by atoms with Crippen LogP contribution in [0.25, 0.3) is 11.4 Å². The number of benzene rings is 1. The molecule has 3 rings (SSSR count). The summed E-state index contributed by atoms with van der Waals surface area (Å²) < 4.78 is 58.5. The van der Waals surface area contributed by atoms with Gasteiger partial charge in [0.05, 0.1) is 6.54 Å². The van der Waals surface area contributed by atoms with Gasteiger partial charge in [-0.25, -0.2) is 4.79 Å². The number of amides is 1. The standard InChI is InChI=1S/C18H20F3N3O5/c1-3-26-17(27-4-2)9-10-24(11-17)16(25)28-13-7-5-12(6-8-13)14-22-15(29-23-14)18(19,20)21/h5-8H,3-4,9-11H2,1-2H3. The highest BCUT2D eigenvalue weighted by atomic mass is 19.4. The Bertz CT molecular complexity index is 832. The predicted octanol–water partition coefficient (Wildman–Crippen LogP) is 3.73. The fourth-order valence-electron chi connectivity index (χ4n) is 3.01. The predicted molar refractivity (Wildman–Crippen MR) is 92.9 cm³/mol. The number of alkyl halides is 3. The first-order valence-corrected chi connectivity index (χ1v) is 9.02. The zero-order valence-electron chi connectivity index (χ0n) is 15.9.